The summed E-state index contributed by atoms with van der Waals surface area (Å²) in [4.78, 5) is 24.5. The molecule has 0 aromatic heterocycles. The highest BCUT2D eigenvalue weighted by Gasteiger charge is 2.22. The molecule has 1 aromatic carbocycles. The number of benzene rings is 1. The molecule has 1 fully saturated rings. The number of rotatable bonds is 3. The van der Waals surface area contributed by atoms with Crippen LogP contribution < -0.4 is 21.7 Å². The molecule has 25 heavy (non-hydrogen) atoms. The molecule has 3 amide bonds. The van der Waals surface area contributed by atoms with Gasteiger partial charge in [0.05, 0.1) is 10.6 Å². The maximum atomic E-state index is 12.5. The van der Waals surface area contributed by atoms with Gasteiger partial charge < -0.3 is 21.7 Å². The van der Waals surface area contributed by atoms with E-state index in [1.807, 2.05) is 20.8 Å². The van der Waals surface area contributed by atoms with Crippen LogP contribution in [0.4, 0.5) is 10.5 Å². The fourth-order valence-corrected chi connectivity index (χ4v) is 3.01. The quantitative estimate of drug-likeness (QED) is 0.661. The Morgan fingerprint density at radius 3 is 2.40 bits per heavy atom. The fraction of sp³-hybridized carbons (Fsp3) is 0.556. The summed E-state index contributed by atoms with van der Waals surface area (Å²) in [7, 11) is 0. The van der Waals surface area contributed by atoms with Crippen molar-refractivity contribution in [2.24, 2.45) is 5.73 Å². The lowest BCUT2D eigenvalue weighted by atomic mass is 9.91. The first kappa shape index (κ1) is 19.5. The van der Waals surface area contributed by atoms with E-state index < -0.39 is 0 Å². The predicted molar refractivity (Wildman–Crippen MR) is 101 cm³/mol. The van der Waals surface area contributed by atoms with Crippen molar-refractivity contribution in [1.82, 2.24) is 10.6 Å². The molecule has 1 aromatic rings. The van der Waals surface area contributed by atoms with Crippen LogP contribution in [0.5, 0.6) is 0 Å². The summed E-state index contributed by atoms with van der Waals surface area (Å²) in [6.07, 6.45) is 3.56. The first-order chi connectivity index (χ1) is 11.6. The van der Waals surface area contributed by atoms with Gasteiger partial charge in [-0.3, -0.25) is 4.79 Å². The maximum absolute atomic E-state index is 12.5. The van der Waals surface area contributed by atoms with Gasteiger partial charge in [0.1, 0.15) is 0 Å². The second-order valence-corrected chi connectivity index (χ2v) is 8.02. The first-order valence-corrected chi connectivity index (χ1v) is 8.97. The van der Waals surface area contributed by atoms with Gasteiger partial charge >= 0.3 is 6.03 Å². The third-order valence-corrected chi connectivity index (χ3v) is 4.39. The normalized spacial score (nSPS) is 20.7. The van der Waals surface area contributed by atoms with Crippen LogP contribution in [-0.4, -0.2) is 29.6 Å². The minimum atomic E-state index is -0.349. The van der Waals surface area contributed by atoms with Crippen LogP contribution in [0.15, 0.2) is 18.2 Å². The lowest BCUT2D eigenvalue weighted by molar-refractivity contribution is 0.0926. The van der Waals surface area contributed by atoms with E-state index in [1.54, 1.807) is 18.2 Å². The number of urea groups is 1. The molecule has 6 nitrogen and oxygen atoms in total. The monoisotopic (exact) mass is 366 g/mol. The Balaban J connectivity index is 2.02. The van der Waals surface area contributed by atoms with Gasteiger partial charge in [0, 0.05) is 23.3 Å². The molecule has 1 aliphatic carbocycles. The Hall–Kier alpha value is -1.79. The molecule has 0 heterocycles. The van der Waals surface area contributed by atoms with Gasteiger partial charge in [-0.15, -0.1) is 0 Å². The van der Waals surface area contributed by atoms with Crippen molar-refractivity contribution < 1.29 is 9.59 Å². The molecule has 7 heteroatoms. The minimum Gasteiger partial charge on any atom is -0.349 e. The SMILES string of the molecule is CC(C)(C)NC(=O)Nc1ccc(Cl)c(C(=O)NC2CCC(N)CC2)c1. The van der Waals surface area contributed by atoms with Crippen LogP contribution in [-0.2, 0) is 0 Å². The van der Waals surface area contributed by atoms with E-state index in [4.69, 9.17) is 17.3 Å². The smallest absolute Gasteiger partial charge is 0.319 e. The van der Waals surface area contributed by atoms with Gasteiger partial charge in [0.25, 0.3) is 5.91 Å². The molecule has 1 saturated carbocycles. The zero-order valence-corrected chi connectivity index (χ0v) is 15.7. The summed E-state index contributed by atoms with van der Waals surface area (Å²) in [6, 6.07) is 4.88. The summed E-state index contributed by atoms with van der Waals surface area (Å²) >= 11 is 6.17. The van der Waals surface area contributed by atoms with Gasteiger partial charge in [-0.25, -0.2) is 4.79 Å². The van der Waals surface area contributed by atoms with E-state index in [0.29, 0.717) is 16.3 Å². The van der Waals surface area contributed by atoms with Crippen LogP contribution in [0.1, 0.15) is 56.8 Å². The molecule has 0 radical (unpaired) electrons. The lowest BCUT2D eigenvalue weighted by Crippen LogP contribution is -2.43. The number of amides is 3. The van der Waals surface area contributed by atoms with Crippen LogP contribution in [0.3, 0.4) is 0 Å². The number of nitrogens with one attached hydrogen (secondary N) is 3. The zero-order chi connectivity index (χ0) is 18.6. The Kier molecular flexibility index (Phi) is 6.30. The topological polar surface area (TPSA) is 96.2 Å². The number of anilines is 1. The van der Waals surface area contributed by atoms with Crippen molar-refractivity contribution in [1.29, 1.82) is 0 Å². The van der Waals surface area contributed by atoms with Crippen molar-refractivity contribution in [2.45, 2.75) is 64.1 Å². The molecule has 138 valence electrons. The number of halogens is 1. The molecule has 1 aliphatic rings. The Morgan fingerprint density at radius 2 is 1.80 bits per heavy atom. The number of carbonyl (C=O) groups excluding carboxylic acids is 2. The Labute approximate surface area is 153 Å². The van der Waals surface area contributed by atoms with Gasteiger partial charge in [-0.05, 0) is 64.7 Å². The molecule has 2 rings (SSSR count). The molecule has 5 N–H and O–H groups in total. The fourth-order valence-electron chi connectivity index (χ4n) is 2.81. The van der Waals surface area contributed by atoms with Crippen molar-refractivity contribution in [2.75, 3.05) is 5.32 Å². The highest BCUT2D eigenvalue weighted by atomic mass is 35.5. The third kappa shape index (κ3) is 6.21. The van der Waals surface area contributed by atoms with E-state index in [9.17, 15) is 9.59 Å². The van der Waals surface area contributed by atoms with Crippen LogP contribution in [0.25, 0.3) is 0 Å². The summed E-state index contributed by atoms with van der Waals surface area (Å²) in [5.41, 5.74) is 6.41. The third-order valence-electron chi connectivity index (χ3n) is 4.06. The number of carbonyl (C=O) groups is 2. The summed E-state index contributed by atoms with van der Waals surface area (Å²) in [5, 5.41) is 8.89. The molecular weight excluding hydrogens is 340 g/mol. The Morgan fingerprint density at radius 1 is 1.16 bits per heavy atom. The number of hydrogen-bond acceptors (Lipinski definition) is 3. The predicted octanol–water partition coefficient (Wildman–Crippen LogP) is 3.26. The minimum absolute atomic E-state index is 0.115. The molecular formula is C18H27ClN4O2. The van der Waals surface area contributed by atoms with Crippen LogP contribution in [0, 0.1) is 0 Å². The second-order valence-electron chi connectivity index (χ2n) is 7.61. The lowest BCUT2D eigenvalue weighted by Gasteiger charge is -2.27. The molecule has 0 unspecified atom stereocenters. The summed E-state index contributed by atoms with van der Waals surface area (Å²) in [5.74, 6) is -0.231. The van der Waals surface area contributed by atoms with Gasteiger partial charge in [-0.1, -0.05) is 11.6 Å². The van der Waals surface area contributed by atoms with Gasteiger partial charge in [0.2, 0.25) is 0 Å². The summed E-state index contributed by atoms with van der Waals surface area (Å²) < 4.78 is 0. The van der Waals surface area contributed by atoms with Crippen molar-refractivity contribution in [3.05, 3.63) is 28.8 Å². The number of nitrogens with two attached hydrogens (primary N) is 1. The second kappa shape index (κ2) is 8.06. The van der Waals surface area contributed by atoms with Crippen molar-refractivity contribution in [3.63, 3.8) is 0 Å². The van der Waals surface area contributed by atoms with Gasteiger partial charge in [-0.2, -0.15) is 0 Å². The zero-order valence-electron chi connectivity index (χ0n) is 15.0. The highest BCUT2D eigenvalue weighted by Crippen LogP contribution is 2.22. The molecule has 0 bridgehead atoms. The molecule has 0 saturated heterocycles. The van der Waals surface area contributed by atoms with E-state index >= 15 is 0 Å². The highest BCUT2D eigenvalue weighted by molar-refractivity contribution is 6.34. The average Bonchev–Trinajstić information content (AvgIpc) is 2.49. The van der Waals surface area contributed by atoms with Crippen molar-refractivity contribution >= 4 is 29.2 Å². The Bertz CT molecular complexity index is 634. The van der Waals surface area contributed by atoms with E-state index in [0.717, 1.165) is 25.7 Å². The van der Waals surface area contributed by atoms with Gasteiger partial charge in [0.15, 0.2) is 0 Å². The average molecular weight is 367 g/mol. The maximum Gasteiger partial charge on any atom is 0.319 e. The van der Waals surface area contributed by atoms with E-state index in [-0.39, 0.29) is 29.6 Å². The molecule has 0 aliphatic heterocycles. The molecule has 0 spiro atoms. The van der Waals surface area contributed by atoms with Crippen molar-refractivity contribution in [3.8, 4) is 0 Å². The summed E-state index contributed by atoms with van der Waals surface area (Å²) in [6.45, 7) is 5.68. The molecule has 0 atom stereocenters. The van der Waals surface area contributed by atoms with E-state index in [2.05, 4.69) is 16.0 Å². The van der Waals surface area contributed by atoms with Crippen LogP contribution in [0.2, 0.25) is 5.02 Å². The first-order valence-electron chi connectivity index (χ1n) is 8.59. The number of hydrogen-bond donors (Lipinski definition) is 4. The van der Waals surface area contributed by atoms with E-state index in [1.165, 1.54) is 0 Å². The standard InChI is InChI=1S/C18H27ClN4O2/c1-18(2,3)23-17(25)22-13-8-9-15(19)14(10-13)16(24)21-12-6-4-11(20)5-7-12/h8-12H,4-7,20H2,1-3H3,(H,21,24)(H2,22,23,25). The largest absolute Gasteiger partial charge is 0.349 e. The van der Waals surface area contributed by atoms with Crippen LogP contribution >= 0.6 is 11.6 Å².